The number of Topliss-reactive ketones (excluding diaryl/α,β-unsaturated/α-hetero) is 1. The lowest BCUT2D eigenvalue weighted by Gasteiger charge is -2.32. The molecule has 0 N–H and O–H groups in total. The van der Waals surface area contributed by atoms with Gasteiger partial charge >= 0.3 is 0 Å². The van der Waals surface area contributed by atoms with Gasteiger partial charge < -0.3 is 4.90 Å². The zero-order chi connectivity index (χ0) is 17.1. The van der Waals surface area contributed by atoms with Crippen molar-refractivity contribution in [1.82, 2.24) is 4.90 Å². The number of piperidine rings is 1. The van der Waals surface area contributed by atoms with Crippen molar-refractivity contribution >= 4 is 34.9 Å². The van der Waals surface area contributed by atoms with E-state index in [9.17, 15) is 9.59 Å². The lowest BCUT2D eigenvalue weighted by molar-refractivity contribution is 0.0637. The van der Waals surface area contributed by atoms with E-state index in [1.165, 1.54) is 0 Å². The summed E-state index contributed by atoms with van der Waals surface area (Å²) in [5, 5.41) is 0.799. The summed E-state index contributed by atoms with van der Waals surface area (Å²) in [7, 11) is 0. The summed E-state index contributed by atoms with van der Waals surface area (Å²) < 4.78 is 0. The number of carbonyl (C=O) groups excluding carboxylic acids is 2. The molecule has 3 rings (SSSR count). The Morgan fingerprint density at radius 3 is 2.42 bits per heavy atom. The molecule has 1 heterocycles. The van der Waals surface area contributed by atoms with Crippen LogP contribution in [-0.2, 0) is 0 Å². The summed E-state index contributed by atoms with van der Waals surface area (Å²) in [6.45, 7) is 1.12. The standard InChI is InChI=1S/C19H17Cl2NO2/c20-16-9-8-14(11-17(16)21)18(23)15-7-4-10-22(12-15)19(24)13-5-2-1-3-6-13/h1-3,5-6,8-9,11,15H,4,7,10,12H2. The average Bonchev–Trinajstić information content (AvgIpc) is 2.63. The van der Waals surface area contributed by atoms with E-state index in [-0.39, 0.29) is 17.6 Å². The van der Waals surface area contributed by atoms with Gasteiger partial charge in [-0.15, -0.1) is 0 Å². The van der Waals surface area contributed by atoms with Crippen LogP contribution in [0.15, 0.2) is 48.5 Å². The van der Waals surface area contributed by atoms with Crippen LogP contribution in [-0.4, -0.2) is 29.7 Å². The second-order valence-corrected chi connectivity index (χ2v) is 6.76. The summed E-state index contributed by atoms with van der Waals surface area (Å²) in [4.78, 5) is 27.1. The Morgan fingerprint density at radius 1 is 0.958 bits per heavy atom. The van der Waals surface area contributed by atoms with Crippen LogP contribution in [0.3, 0.4) is 0 Å². The summed E-state index contributed by atoms with van der Waals surface area (Å²) in [5.41, 5.74) is 1.20. The zero-order valence-corrected chi connectivity index (χ0v) is 14.6. The lowest BCUT2D eigenvalue weighted by atomic mass is 9.89. The molecular formula is C19H17Cl2NO2. The number of likely N-dealkylation sites (tertiary alicyclic amines) is 1. The predicted octanol–water partition coefficient (Wildman–Crippen LogP) is 4.73. The van der Waals surface area contributed by atoms with Gasteiger partial charge in [0.15, 0.2) is 5.78 Å². The van der Waals surface area contributed by atoms with Crippen molar-refractivity contribution in [2.45, 2.75) is 12.8 Å². The Hall–Kier alpha value is -1.84. The second kappa shape index (κ2) is 7.37. The van der Waals surface area contributed by atoms with Crippen LogP contribution in [0, 0.1) is 5.92 Å². The highest BCUT2D eigenvalue weighted by Gasteiger charge is 2.29. The Bertz CT molecular complexity index is 761. The fraction of sp³-hybridized carbons (Fsp3) is 0.263. The number of nitrogens with zero attached hydrogens (tertiary/aromatic N) is 1. The molecule has 3 nitrogen and oxygen atoms in total. The minimum absolute atomic E-state index is 0.0131. The van der Waals surface area contributed by atoms with Crippen LogP contribution >= 0.6 is 23.2 Å². The van der Waals surface area contributed by atoms with Crippen molar-refractivity contribution in [3.05, 3.63) is 69.7 Å². The van der Waals surface area contributed by atoms with Gasteiger partial charge in [0.2, 0.25) is 0 Å². The molecule has 1 atom stereocenters. The van der Waals surface area contributed by atoms with Crippen LogP contribution in [0.1, 0.15) is 33.6 Å². The van der Waals surface area contributed by atoms with E-state index in [4.69, 9.17) is 23.2 Å². The van der Waals surface area contributed by atoms with Gasteiger partial charge in [-0.2, -0.15) is 0 Å². The van der Waals surface area contributed by atoms with E-state index in [0.29, 0.717) is 34.3 Å². The molecule has 1 saturated heterocycles. The van der Waals surface area contributed by atoms with Crippen molar-refractivity contribution in [3.8, 4) is 0 Å². The second-order valence-electron chi connectivity index (χ2n) is 5.95. The maximum absolute atomic E-state index is 12.7. The number of amides is 1. The fourth-order valence-electron chi connectivity index (χ4n) is 3.02. The first-order chi connectivity index (χ1) is 11.6. The molecule has 0 bridgehead atoms. The molecule has 1 aliphatic heterocycles. The lowest BCUT2D eigenvalue weighted by Crippen LogP contribution is -2.42. The Balaban J connectivity index is 1.74. The molecule has 2 aromatic carbocycles. The summed E-state index contributed by atoms with van der Waals surface area (Å²) in [6.07, 6.45) is 1.59. The number of ketones is 1. The third-order valence-corrected chi connectivity index (χ3v) is 5.04. The molecule has 1 amide bonds. The first kappa shape index (κ1) is 17.0. The van der Waals surface area contributed by atoms with Crippen molar-refractivity contribution in [2.24, 2.45) is 5.92 Å². The van der Waals surface area contributed by atoms with Crippen LogP contribution < -0.4 is 0 Å². The molecule has 5 heteroatoms. The van der Waals surface area contributed by atoms with E-state index in [2.05, 4.69) is 0 Å². The molecule has 2 aromatic rings. The fourth-order valence-corrected chi connectivity index (χ4v) is 3.32. The molecule has 24 heavy (non-hydrogen) atoms. The summed E-state index contributed by atoms with van der Waals surface area (Å²) in [5.74, 6) is -0.218. The molecule has 124 valence electrons. The monoisotopic (exact) mass is 361 g/mol. The number of benzene rings is 2. The van der Waals surface area contributed by atoms with Gasteiger partial charge in [-0.25, -0.2) is 0 Å². The average molecular weight is 362 g/mol. The van der Waals surface area contributed by atoms with Crippen LogP contribution in [0.5, 0.6) is 0 Å². The van der Waals surface area contributed by atoms with Gasteiger partial charge in [-0.1, -0.05) is 41.4 Å². The minimum Gasteiger partial charge on any atom is -0.338 e. The largest absolute Gasteiger partial charge is 0.338 e. The molecular weight excluding hydrogens is 345 g/mol. The number of hydrogen-bond donors (Lipinski definition) is 0. The normalized spacial score (nSPS) is 17.6. The van der Waals surface area contributed by atoms with Gasteiger partial charge in [0, 0.05) is 30.1 Å². The van der Waals surface area contributed by atoms with Crippen molar-refractivity contribution in [3.63, 3.8) is 0 Å². The third-order valence-electron chi connectivity index (χ3n) is 4.30. The van der Waals surface area contributed by atoms with Crippen LogP contribution in [0.2, 0.25) is 10.0 Å². The van der Waals surface area contributed by atoms with E-state index in [1.807, 2.05) is 18.2 Å². The van der Waals surface area contributed by atoms with Gasteiger partial charge in [-0.05, 0) is 43.2 Å². The molecule has 0 spiro atoms. The maximum atomic E-state index is 12.7. The van der Waals surface area contributed by atoms with Crippen LogP contribution in [0.4, 0.5) is 0 Å². The predicted molar refractivity (Wildman–Crippen MR) is 95.9 cm³/mol. The Morgan fingerprint density at radius 2 is 1.71 bits per heavy atom. The molecule has 1 aliphatic rings. The molecule has 0 radical (unpaired) electrons. The van der Waals surface area contributed by atoms with Gasteiger partial charge in [-0.3, -0.25) is 9.59 Å². The van der Waals surface area contributed by atoms with Crippen LogP contribution in [0.25, 0.3) is 0 Å². The number of halogens is 2. The number of hydrogen-bond acceptors (Lipinski definition) is 2. The van der Waals surface area contributed by atoms with Crippen molar-refractivity contribution < 1.29 is 9.59 Å². The molecule has 1 fully saturated rings. The first-order valence-corrected chi connectivity index (χ1v) is 8.65. The van der Waals surface area contributed by atoms with E-state index in [1.54, 1.807) is 35.2 Å². The van der Waals surface area contributed by atoms with Crippen molar-refractivity contribution in [2.75, 3.05) is 13.1 Å². The highest BCUT2D eigenvalue weighted by Crippen LogP contribution is 2.27. The van der Waals surface area contributed by atoms with E-state index >= 15 is 0 Å². The van der Waals surface area contributed by atoms with Gasteiger partial charge in [0.25, 0.3) is 5.91 Å². The van der Waals surface area contributed by atoms with Crippen molar-refractivity contribution in [1.29, 1.82) is 0 Å². The quantitative estimate of drug-likeness (QED) is 0.741. The smallest absolute Gasteiger partial charge is 0.253 e. The summed E-state index contributed by atoms with van der Waals surface area (Å²) >= 11 is 11.9. The van der Waals surface area contributed by atoms with E-state index < -0.39 is 0 Å². The van der Waals surface area contributed by atoms with E-state index in [0.717, 1.165) is 12.8 Å². The first-order valence-electron chi connectivity index (χ1n) is 7.90. The van der Waals surface area contributed by atoms with Gasteiger partial charge in [0.05, 0.1) is 10.0 Å². The molecule has 0 aromatic heterocycles. The highest BCUT2D eigenvalue weighted by atomic mass is 35.5. The Labute approximate surface area is 151 Å². The maximum Gasteiger partial charge on any atom is 0.253 e. The SMILES string of the molecule is O=C(c1ccc(Cl)c(Cl)c1)C1CCCN(C(=O)c2ccccc2)C1. The summed E-state index contributed by atoms with van der Waals surface area (Å²) in [6, 6.07) is 14.1. The molecule has 0 aliphatic carbocycles. The molecule has 1 unspecified atom stereocenters. The molecule has 0 saturated carbocycles. The number of carbonyl (C=O) groups is 2. The third kappa shape index (κ3) is 3.63. The highest BCUT2D eigenvalue weighted by molar-refractivity contribution is 6.42. The topological polar surface area (TPSA) is 37.4 Å². The van der Waals surface area contributed by atoms with Gasteiger partial charge in [0.1, 0.15) is 0 Å². The number of rotatable bonds is 3. The minimum atomic E-state index is -0.205. The Kier molecular flexibility index (Phi) is 5.22. The zero-order valence-electron chi connectivity index (χ0n) is 13.0.